The number of rotatable bonds is 8. The highest BCUT2D eigenvalue weighted by molar-refractivity contribution is 5.88. The van der Waals surface area contributed by atoms with Crippen molar-refractivity contribution in [1.29, 1.82) is 0 Å². The second kappa shape index (κ2) is 9.33. The molecule has 1 fully saturated rings. The summed E-state index contributed by atoms with van der Waals surface area (Å²) in [6, 6.07) is 3.94. The van der Waals surface area contributed by atoms with Gasteiger partial charge in [-0.2, -0.15) is 0 Å². The molecule has 2 amide bonds. The van der Waals surface area contributed by atoms with Crippen molar-refractivity contribution in [2.24, 2.45) is 0 Å². The molecule has 138 valence electrons. The van der Waals surface area contributed by atoms with Gasteiger partial charge in [-0.05, 0) is 12.5 Å². The number of hydrogen-bond acceptors (Lipinski definition) is 5. The van der Waals surface area contributed by atoms with Gasteiger partial charge in [0, 0.05) is 44.4 Å². The predicted molar refractivity (Wildman–Crippen MR) is 89.5 cm³/mol. The van der Waals surface area contributed by atoms with Crippen molar-refractivity contribution in [2.45, 2.75) is 25.4 Å². The average molecular weight is 353 g/mol. The fourth-order valence-corrected chi connectivity index (χ4v) is 2.73. The highest BCUT2D eigenvalue weighted by Gasteiger charge is 2.31. The lowest BCUT2D eigenvalue weighted by Gasteiger charge is -2.34. The Balaban J connectivity index is 2.03. The fourth-order valence-electron chi connectivity index (χ4n) is 2.73. The summed E-state index contributed by atoms with van der Waals surface area (Å²) in [6.07, 6.45) is 0.457. The number of carbonyl (C=O) groups excluding carboxylic acids is 2. The normalized spacial score (nSPS) is 17.9. The lowest BCUT2D eigenvalue weighted by Crippen LogP contribution is -2.56. The van der Waals surface area contributed by atoms with Crippen LogP contribution in [0.25, 0.3) is 0 Å². The number of piperazine rings is 1. The fraction of sp³-hybridized carbons (Fsp3) is 0.529. The lowest BCUT2D eigenvalue weighted by molar-refractivity contribution is -0.134. The average Bonchev–Trinajstić information content (AvgIpc) is 2.59. The maximum Gasteiger partial charge on any atom is 0.237 e. The van der Waals surface area contributed by atoms with E-state index < -0.39 is 11.9 Å². The van der Waals surface area contributed by atoms with E-state index in [-0.39, 0.29) is 31.4 Å². The second-order valence-electron chi connectivity index (χ2n) is 5.87. The molecule has 1 heterocycles. The summed E-state index contributed by atoms with van der Waals surface area (Å²) in [5.41, 5.74) is 0.446. The monoisotopic (exact) mass is 353 g/mol. The van der Waals surface area contributed by atoms with Crippen LogP contribution in [0.2, 0.25) is 0 Å². The number of halogens is 1. The summed E-state index contributed by atoms with van der Waals surface area (Å²) in [5.74, 6) is -0.484. The maximum atomic E-state index is 14.2. The van der Waals surface area contributed by atoms with Crippen LogP contribution in [0.4, 0.5) is 4.39 Å². The number of hydrogen-bond donors (Lipinski definition) is 3. The summed E-state index contributed by atoms with van der Waals surface area (Å²) in [6.45, 7) is 1.58. The van der Waals surface area contributed by atoms with Crippen LogP contribution in [0.15, 0.2) is 18.2 Å². The van der Waals surface area contributed by atoms with E-state index in [9.17, 15) is 14.0 Å². The number of nitrogens with zero attached hydrogens (tertiary/aromatic N) is 1. The van der Waals surface area contributed by atoms with Gasteiger partial charge in [-0.15, -0.1) is 0 Å². The Morgan fingerprint density at radius 2 is 2.32 bits per heavy atom. The predicted octanol–water partition coefficient (Wildman–Crippen LogP) is 0.0234. The first-order valence-corrected chi connectivity index (χ1v) is 8.27. The number of aliphatic hydroxyl groups excluding tert-OH is 1. The molecule has 1 aromatic rings. The van der Waals surface area contributed by atoms with Crippen molar-refractivity contribution in [3.63, 3.8) is 0 Å². The minimum atomic E-state index is -0.649. The first kappa shape index (κ1) is 19.1. The molecule has 0 saturated carbocycles. The van der Waals surface area contributed by atoms with E-state index >= 15 is 0 Å². The Kier molecular flexibility index (Phi) is 7.15. The molecule has 0 radical (unpaired) electrons. The van der Waals surface area contributed by atoms with E-state index in [1.165, 1.54) is 13.2 Å². The van der Waals surface area contributed by atoms with Gasteiger partial charge in [0.15, 0.2) is 0 Å². The van der Waals surface area contributed by atoms with Crippen LogP contribution in [-0.2, 0) is 16.1 Å². The summed E-state index contributed by atoms with van der Waals surface area (Å²) in [5, 5.41) is 14.1. The van der Waals surface area contributed by atoms with Gasteiger partial charge in [0.1, 0.15) is 11.6 Å². The van der Waals surface area contributed by atoms with E-state index in [0.29, 0.717) is 37.4 Å². The van der Waals surface area contributed by atoms with Crippen LogP contribution < -0.4 is 15.4 Å². The van der Waals surface area contributed by atoms with E-state index in [4.69, 9.17) is 9.84 Å². The molecular weight excluding hydrogens is 329 g/mol. The Hall–Kier alpha value is -2.19. The van der Waals surface area contributed by atoms with Gasteiger partial charge in [-0.3, -0.25) is 14.5 Å². The molecule has 1 atom stereocenters. The number of amides is 2. The van der Waals surface area contributed by atoms with E-state index in [1.807, 2.05) is 0 Å². The highest BCUT2D eigenvalue weighted by Crippen LogP contribution is 2.20. The summed E-state index contributed by atoms with van der Waals surface area (Å²) >= 11 is 0. The largest absolute Gasteiger partial charge is 0.497 e. The van der Waals surface area contributed by atoms with Crippen LogP contribution in [0.3, 0.4) is 0 Å². The van der Waals surface area contributed by atoms with Crippen molar-refractivity contribution < 1.29 is 23.8 Å². The number of nitrogens with one attached hydrogen (secondary N) is 2. The third-order valence-electron chi connectivity index (χ3n) is 4.11. The zero-order valence-electron chi connectivity index (χ0n) is 14.3. The minimum Gasteiger partial charge on any atom is -0.497 e. The molecule has 2 rings (SSSR count). The van der Waals surface area contributed by atoms with Gasteiger partial charge in [0.2, 0.25) is 11.8 Å². The molecule has 1 aromatic carbocycles. The zero-order chi connectivity index (χ0) is 18.2. The SMILES string of the molecule is COc1ccc(CN2CCNC(=O)[C@@H]2CC(=O)NCCCO)c(F)c1. The van der Waals surface area contributed by atoms with Gasteiger partial charge < -0.3 is 20.5 Å². The smallest absolute Gasteiger partial charge is 0.237 e. The molecule has 25 heavy (non-hydrogen) atoms. The second-order valence-corrected chi connectivity index (χ2v) is 5.87. The third kappa shape index (κ3) is 5.40. The molecule has 0 unspecified atom stereocenters. The van der Waals surface area contributed by atoms with Gasteiger partial charge >= 0.3 is 0 Å². The number of ether oxygens (including phenoxy) is 1. The highest BCUT2D eigenvalue weighted by atomic mass is 19.1. The topological polar surface area (TPSA) is 90.9 Å². The van der Waals surface area contributed by atoms with Crippen LogP contribution in [0.1, 0.15) is 18.4 Å². The van der Waals surface area contributed by atoms with Crippen LogP contribution in [-0.4, -0.2) is 61.2 Å². The van der Waals surface area contributed by atoms with Crippen molar-refractivity contribution in [3.8, 4) is 5.75 Å². The number of carbonyl (C=O) groups is 2. The number of methoxy groups -OCH3 is 1. The number of benzene rings is 1. The van der Waals surface area contributed by atoms with Gasteiger partial charge in [0.25, 0.3) is 0 Å². The molecule has 3 N–H and O–H groups in total. The van der Waals surface area contributed by atoms with Gasteiger partial charge in [-0.25, -0.2) is 4.39 Å². The molecule has 1 saturated heterocycles. The van der Waals surface area contributed by atoms with Crippen LogP contribution >= 0.6 is 0 Å². The van der Waals surface area contributed by atoms with Crippen molar-refractivity contribution >= 4 is 11.8 Å². The molecule has 0 aliphatic carbocycles. The molecule has 0 aromatic heterocycles. The lowest BCUT2D eigenvalue weighted by atomic mass is 10.1. The summed E-state index contributed by atoms with van der Waals surface area (Å²) < 4.78 is 19.2. The van der Waals surface area contributed by atoms with E-state index in [1.54, 1.807) is 17.0 Å². The minimum absolute atomic E-state index is 0.00492. The van der Waals surface area contributed by atoms with Gasteiger partial charge in [0.05, 0.1) is 19.6 Å². The molecule has 1 aliphatic heterocycles. The Labute approximate surface area is 146 Å². The molecule has 8 heteroatoms. The zero-order valence-corrected chi connectivity index (χ0v) is 14.3. The quantitative estimate of drug-likeness (QED) is 0.574. The van der Waals surface area contributed by atoms with Crippen molar-refractivity contribution in [3.05, 3.63) is 29.6 Å². The Morgan fingerprint density at radius 3 is 3.00 bits per heavy atom. The molecule has 0 bridgehead atoms. The summed E-state index contributed by atoms with van der Waals surface area (Å²) in [7, 11) is 1.47. The molecule has 0 spiro atoms. The Morgan fingerprint density at radius 1 is 1.52 bits per heavy atom. The maximum absolute atomic E-state index is 14.2. The van der Waals surface area contributed by atoms with Gasteiger partial charge in [-0.1, -0.05) is 6.07 Å². The van der Waals surface area contributed by atoms with Crippen LogP contribution in [0, 0.1) is 5.82 Å². The van der Waals surface area contributed by atoms with Crippen molar-refractivity contribution in [1.82, 2.24) is 15.5 Å². The van der Waals surface area contributed by atoms with Crippen LogP contribution in [0.5, 0.6) is 5.75 Å². The Bertz CT molecular complexity index is 612. The van der Waals surface area contributed by atoms with E-state index in [0.717, 1.165) is 0 Å². The van der Waals surface area contributed by atoms with Crippen molar-refractivity contribution in [2.75, 3.05) is 33.4 Å². The first-order chi connectivity index (χ1) is 12.0. The molecule has 7 nitrogen and oxygen atoms in total. The summed E-state index contributed by atoms with van der Waals surface area (Å²) in [4.78, 5) is 26.0. The number of aliphatic hydroxyl groups is 1. The molecular formula is C17H24FN3O4. The first-order valence-electron chi connectivity index (χ1n) is 8.27. The molecule has 1 aliphatic rings. The van der Waals surface area contributed by atoms with E-state index in [2.05, 4.69) is 10.6 Å². The third-order valence-corrected chi connectivity index (χ3v) is 4.11. The standard InChI is InChI=1S/C17H24FN3O4/c1-25-13-4-3-12(14(18)9-13)11-21-7-6-20-17(24)15(21)10-16(23)19-5-2-8-22/h3-4,9,15,22H,2,5-8,10-11H2,1H3,(H,19,23)(H,20,24)/t15-/m0/s1.